The average molecular weight is 226 g/mol. The number of oxazole rings is 1. The Morgan fingerprint density at radius 3 is 2.88 bits per heavy atom. The maximum atomic E-state index is 12.4. The molecule has 2 aromatic rings. The van der Waals surface area contributed by atoms with E-state index in [0.717, 1.165) is 0 Å². The van der Waals surface area contributed by atoms with Crippen LogP contribution in [0.25, 0.3) is 11.1 Å². The number of alkyl halides is 2. The van der Waals surface area contributed by atoms with E-state index in [2.05, 4.69) is 4.98 Å². The van der Waals surface area contributed by atoms with Gasteiger partial charge in [-0.05, 0) is 18.2 Å². The molecule has 0 aliphatic heterocycles. The Balaban J connectivity index is 2.50. The highest BCUT2D eigenvalue weighted by Gasteiger charge is 2.14. The molecular formula is C10H8F2N2O2. The molecule has 0 spiro atoms. The molecular weight excluding hydrogens is 218 g/mol. The van der Waals surface area contributed by atoms with E-state index in [4.69, 9.17) is 10.2 Å². The van der Waals surface area contributed by atoms with Crippen molar-refractivity contribution in [1.29, 1.82) is 0 Å². The normalized spacial score (nSPS) is 11.2. The van der Waals surface area contributed by atoms with Crippen molar-refractivity contribution in [3.05, 3.63) is 29.7 Å². The van der Waals surface area contributed by atoms with Gasteiger partial charge in [0.2, 0.25) is 5.78 Å². The zero-order valence-corrected chi connectivity index (χ0v) is 8.11. The third-order valence-electron chi connectivity index (χ3n) is 2.09. The number of carbonyl (C=O) groups is 1. The molecule has 0 bridgehead atoms. The molecule has 0 aliphatic carbocycles. The molecule has 4 nitrogen and oxygen atoms in total. The number of halogens is 2. The monoisotopic (exact) mass is 226 g/mol. The Morgan fingerprint density at radius 1 is 1.50 bits per heavy atom. The van der Waals surface area contributed by atoms with E-state index in [9.17, 15) is 13.6 Å². The zero-order chi connectivity index (χ0) is 11.7. The molecule has 0 radical (unpaired) electrons. The van der Waals surface area contributed by atoms with E-state index in [-0.39, 0.29) is 23.5 Å². The van der Waals surface area contributed by atoms with Crippen molar-refractivity contribution in [3.63, 3.8) is 0 Å². The van der Waals surface area contributed by atoms with Crippen molar-refractivity contribution < 1.29 is 18.0 Å². The number of carbonyl (C=O) groups excluding carboxylic acids is 1. The van der Waals surface area contributed by atoms with Crippen molar-refractivity contribution in [3.8, 4) is 0 Å². The Kier molecular flexibility index (Phi) is 2.66. The number of rotatable bonds is 3. The molecule has 0 saturated carbocycles. The first-order valence-electron chi connectivity index (χ1n) is 4.53. The Hall–Kier alpha value is -1.82. The van der Waals surface area contributed by atoms with Crippen LogP contribution in [0.3, 0.4) is 0 Å². The summed E-state index contributed by atoms with van der Waals surface area (Å²) in [5, 5.41) is 0. The molecule has 6 heteroatoms. The van der Waals surface area contributed by atoms with Crippen LogP contribution < -0.4 is 5.73 Å². The summed E-state index contributed by atoms with van der Waals surface area (Å²) in [4.78, 5) is 15.0. The van der Waals surface area contributed by atoms with Crippen LogP contribution in [0.4, 0.5) is 8.78 Å². The summed E-state index contributed by atoms with van der Waals surface area (Å²) in [5.41, 5.74) is 5.50. The lowest BCUT2D eigenvalue weighted by atomic mass is 10.2. The number of Topliss-reactive ketones (excluding diaryl/α,β-unsaturated/α-hetero) is 1. The molecule has 0 unspecified atom stereocenters. The van der Waals surface area contributed by atoms with E-state index in [1.165, 1.54) is 18.2 Å². The summed E-state index contributed by atoms with van der Waals surface area (Å²) in [5.74, 6) is -0.612. The van der Waals surface area contributed by atoms with Crippen molar-refractivity contribution in [1.82, 2.24) is 4.98 Å². The maximum Gasteiger partial charge on any atom is 0.265 e. The topological polar surface area (TPSA) is 69.1 Å². The molecule has 0 saturated heterocycles. The summed E-state index contributed by atoms with van der Waals surface area (Å²) >= 11 is 0. The number of hydrogen-bond acceptors (Lipinski definition) is 4. The van der Waals surface area contributed by atoms with Crippen molar-refractivity contribution >= 4 is 16.9 Å². The van der Waals surface area contributed by atoms with Gasteiger partial charge in [-0.15, -0.1) is 0 Å². The number of benzene rings is 1. The van der Waals surface area contributed by atoms with E-state index >= 15 is 0 Å². The largest absolute Gasteiger partial charge is 0.434 e. The van der Waals surface area contributed by atoms with Gasteiger partial charge < -0.3 is 10.2 Å². The van der Waals surface area contributed by atoms with Gasteiger partial charge in [0.1, 0.15) is 5.52 Å². The number of hydrogen-bond donors (Lipinski definition) is 1. The molecule has 0 amide bonds. The molecule has 1 heterocycles. The third-order valence-corrected chi connectivity index (χ3v) is 2.09. The van der Waals surface area contributed by atoms with Crippen LogP contribution in [0.1, 0.15) is 22.7 Å². The zero-order valence-electron chi connectivity index (χ0n) is 8.11. The number of aromatic nitrogens is 1. The van der Waals surface area contributed by atoms with Crippen molar-refractivity contribution in [2.24, 2.45) is 5.73 Å². The minimum absolute atomic E-state index is 0.149. The third kappa shape index (κ3) is 1.79. The van der Waals surface area contributed by atoms with Crippen LogP contribution in [-0.2, 0) is 0 Å². The summed E-state index contributed by atoms with van der Waals surface area (Å²) in [6, 6.07) is 3.78. The maximum absolute atomic E-state index is 12.4. The molecule has 84 valence electrons. The average Bonchev–Trinajstić information content (AvgIpc) is 2.70. The molecule has 1 aromatic carbocycles. The first kappa shape index (κ1) is 10.7. The Morgan fingerprint density at radius 2 is 2.25 bits per heavy atom. The van der Waals surface area contributed by atoms with Gasteiger partial charge in [-0.25, -0.2) is 13.8 Å². The second-order valence-electron chi connectivity index (χ2n) is 3.17. The molecule has 16 heavy (non-hydrogen) atoms. The molecule has 0 aliphatic rings. The molecule has 2 rings (SSSR count). The van der Waals surface area contributed by atoms with Crippen LogP contribution in [0.5, 0.6) is 0 Å². The van der Waals surface area contributed by atoms with Gasteiger partial charge in [-0.3, -0.25) is 4.79 Å². The van der Waals surface area contributed by atoms with Gasteiger partial charge in [0.25, 0.3) is 12.3 Å². The summed E-state index contributed by atoms with van der Waals surface area (Å²) < 4.78 is 29.8. The van der Waals surface area contributed by atoms with Crippen LogP contribution in [-0.4, -0.2) is 17.3 Å². The minimum atomic E-state index is -2.57. The predicted molar refractivity (Wildman–Crippen MR) is 52.4 cm³/mol. The highest BCUT2D eigenvalue weighted by atomic mass is 19.3. The van der Waals surface area contributed by atoms with Gasteiger partial charge in [0.15, 0.2) is 5.58 Å². The van der Waals surface area contributed by atoms with Crippen molar-refractivity contribution in [2.75, 3.05) is 6.54 Å². The fourth-order valence-corrected chi connectivity index (χ4v) is 1.29. The summed E-state index contributed by atoms with van der Waals surface area (Å²) in [6.07, 6.45) is -2.57. The number of nitrogens with two attached hydrogens (primary N) is 1. The first-order chi connectivity index (χ1) is 7.61. The minimum Gasteiger partial charge on any atom is -0.434 e. The standard InChI is InChI=1S/C10H8F2N2O2/c11-9(12)5-1-2-8-6(3-5)14-10(16-8)7(15)4-13/h1-3,9H,4,13H2. The van der Waals surface area contributed by atoms with E-state index < -0.39 is 12.2 Å². The van der Waals surface area contributed by atoms with Crippen LogP contribution in [0.2, 0.25) is 0 Å². The van der Waals surface area contributed by atoms with Gasteiger partial charge in [-0.2, -0.15) is 0 Å². The fraction of sp³-hybridized carbons (Fsp3) is 0.200. The van der Waals surface area contributed by atoms with E-state index in [1.807, 2.05) is 0 Å². The van der Waals surface area contributed by atoms with Crippen molar-refractivity contribution in [2.45, 2.75) is 6.43 Å². The molecule has 0 fully saturated rings. The highest BCUT2D eigenvalue weighted by Crippen LogP contribution is 2.24. The SMILES string of the molecule is NCC(=O)c1nc2cc(C(F)F)ccc2o1. The van der Waals surface area contributed by atoms with E-state index in [1.54, 1.807) is 0 Å². The van der Waals surface area contributed by atoms with Gasteiger partial charge in [0, 0.05) is 5.56 Å². The Bertz CT molecular complexity index is 537. The van der Waals surface area contributed by atoms with Gasteiger partial charge in [-0.1, -0.05) is 0 Å². The van der Waals surface area contributed by atoms with Crippen LogP contribution >= 0.6 is 0 Å². The lowest BCUT2D eigenvalue weighted by Gasteiger charge is -1.96. The molecule has 0 atom stereocenters. The molecule has 2 N–H and O–H groups in total. The van der Waals surface area contributed by atoms with E-state index in [0.29, 0.717) is 5.58 Å². The fourth-order valence-electron chi connectivity index (χ4n) is 1.29. The lowest BCUT2D eigenvalue weighted by molar-refractivity contribution is 0.0970. The number of ketones is 1. The smallest absolute Gasteiger partial charge is 0.265 e. The second kappa shape index (κ2) is 3.97. The lowest BCUT2D eigenvalue weighted by Crippen LogP contribution is -2.13. The molecule has 1 aromatic heterocycles. The quantitative estimate of drug-likeness (QED) is 0.811. The van der Waals surface area contributed by atoms with Crippen LogP contribution in [0, 0.1) is 0 Å². The number of fused-ring (bicyclic) bond motifs is 1. The highest BCUT2D eigenvalue weighted by molar-refractivity contribution is 5.95. The second-order valence-corrected chi connectivity index (χ2v) is 3.17. The van der Waals surface area contributed by atoms with Gasteiger partial charge in [0.05, 0.1) is 6.54 Å². The summed E-state index contributed by atoms with van der Waals surface area (Å²) in [7, 11) is 0. The number of nitrogens with zero attached hydrogens (tertiary/aromatic N) is 1. The van der Waals surface area contributed by atoms with Gasteiger partial charge >= 0.3 is 0 Å². The van der Waals surface area contributed by atoms with Crippen LogP contribution in [0.15, 0.2) is 22.6 Å². The summed E-state index contributed by atoms with van der Waals surface area (Å²) in [6.45, 7) is -0.228. The first-order valence-corrected chi connectivity index (χ1v) is 4.53. The Labute approximate surface area is 89.1 Å². The predicted octanol–water partition coefficient (Wildman–Crippen LogP) is 1.91.